The smallest absolute Gasteiger partial charge is 0.173 e. The van der Waals surface area contributed by atoms with E-state index in [0.29, 0.717) is 0 Å². The fraction of sp³-hybridized carbons (Fsp3) is 0. The Balaban J connectivity index is 1.09. The molecule has 0 saturated carbocycles. The lowest BCUT2D eigenvalue weighted by molar-refractivity contribution is 1.17. The zero-order valence-corrected chi connectivity index (χ0v) is 25.0. The molecule has 7 aromatic carbocycles. The minimum atomic E-state index is 0.747. The SMILES string of the molecule is c1ccc2c(c1)N(c1ccc(-c3nsc(-c4ccc5ccccc5c4)n3)cc1)c1ccccc1N2c1ccc2ccccc2c1. The van der Waals surface area contributed by atoms with E-state index in [4.69, 9.17) is 9.36 Å². The van der Waals surface area contributed by atoms with E-state index in [1.54, 1.807) is 0 Å². The van der Waals surface area contributed by atoms with Crippen LogP contribution in [-0.4, -0.2) is 9.36 Å². The molecule has 5 heteroatoms. The Bertz CT molecular complexity index is 2310. The molecule has 1 aliphatic rings. The quantitative estimate of drug-likeness (QED) is 0.203. The topological polar surface area (TPSA) is 32.3 Å². The summed E-state index contributed by atoms with van der Waals surface area (Å²) in [6.45, 7) is 0. The van der Waals surface area contributed by atoms with Gasteiger partial charge in [-0.15, -0.1) is 0 Å². The summed E-state index contributed by atoms with van der Waals surface area (Å²) in [5.41, 5.74) is 8.84. The molecule has 1 aromatic heterocycles. The first-order valence-corrected chi connectivity index (χ1v) is 15.8. The molecule has 0 fully saturated rings. The minimum Gasteiger partial charge on any atom is -0.306 e. The Hall–Kier alpha value is -5.78. The molecule has 4 nitrogen and oxygen atoms in total. The first-order chi connectivity index (χ1) is 22.3. The van der Waals surface area contributed by atoms with Crippen molar-refractivity contribution in [3.8, 4) is 22.0 Å². The van der Waals surface area contributed by atoms with Gasteiger partial charge in [0.05, 0.1) is 22.7 Å². The molecule has 0 spiro atoms. The highest BCUT2D eigenvalue weighted by atomic mass is 32.1. The number of anilines is 6. The lowest BCUT2D eigenvalue weighted by Gasteiger charge is -2.40. The van der Waals surface area contributed by atoms with E-state index in [1.165, 1.54) is 33.1 Å². The van der Waals surface area contributed by atoms with Gasteiger partial charge in [-0.05, 0) is 99.8 Å². The molecular weight excluding hydrogens is 569 g/mol. The summed E-state index contributed by atoms with van der Waals surface area (Å²) in [6.07, 6.45) is 0. The van der Waals surface area contributed by atoms with Gasteiger partial charge in [0.25, 0.3) is 0 Å². The number of aromatic nitrogens is 2. The predicted molar refractivity (Wildman–Crippen MR) is 189 cm³/mol. The van der Waals surface area contributed by atoms with Crippen molar-refractivity contribution in [1.82, 2.24) is 9.36 Å². The lowest BCUT2D eigenvalue weighted by atomic mass is 10.0. The summed E-state index contributed by atoms with van der Waals surface area (Å²) < 4.78 is 4.73. The minimum absolute atomic E-state index is 0.747. The van der Waals surface area contributed by atoms with Crippen LogP contribution in [-0.2, 0) is 0 Å². The van der Waals surface area contributed by atoms with Crippen molar-refractivity contribution in [1.29, 1.82) is 0 Å². The van der Waals surface area contributed by atoms with Crippen LogP contribution in [0.4, 0.5) is 34.1 Å². The molecule has 8 aromatic rings. The van der Waals surface area contributed by atoms with Crippen molar-refractivity contribution in [2.75, 3.05) is 9.80 Å². The molecule has 0 unspecified atom stereocenters. The number of benzene rings is 7. The maximum atomic E-state index is 4.92. The van der Waals surface area contributed by atoms with Crippen molar-refractivity contribution in [2.45, 2.75) is 0 Å². The summed E-state index contributed by atoms with van der Waals surface area (Å²) in [5.74, 6) is 0.747. The number of fused-ring (bicyclic) bond motifs is 4. The molecule has 0 bridgehead atoms. The Morgan fingerprint density at radius 1 is 0.400 bits per heavy atom. The maximum Gasteiger partial charge on any atom is 0.173 e. The predicted octanol–water partition coefficient (Wildman–Crippen LogP) is 11.4. The zero-order valence-electron chi connectivity index (χ0n) is 24.2. The van der Waals surface area contributed by atoms with E-state index in [1.807, 2.05) is 0 Å². The van der Waals surface area contributed by atoms with Crippen LogP contribution in [0.1, 0.15) is 0 Å². The highest BCUT2D eigenvalue weighted by molar-refractivity contribution is 7.09. The van der Waals surface area contributed by atoms with Gasteiger partial charge in [0.15, 0.2) is 5.82 Å². The van der Waals surface area contributed by atoms with Crippen LogP contribution in [0.15, 0.2) is 158 Å². The van der Waals surface area contributed by atoms with E-state index in [2.05, 4.69) is 168 Å². The molecule has 0 N–H and O–H groups in total. The third-order valence-electron chi connectivity index (χ3n) is 8.52. The summed E-state index contributed by atoms with van der Waals surface area (Å²) in [7, 11) is 0. The van der Waals surface area contributed by atoms with Gasteiger partial charge in [0, 0.05) is 22.5 Å². The molecule has 212 valence electrons. The summed E-state index contributed by atoms with van der Waals surface area (Å²) in [6, 6.07) is 55.9. The number of nitrogens with zero attached hydrogens (tertiary/aromatic N) is 4. The number of rotatable bonds is 4. The Kier molecular flexibility index (Phi) is 5.96. The number of hydrogen-bond donors (Lipinski definition) is 0. The Labute approximate surface area is 265 Å². The Morgan fingerprint density at radius 2 is 0.867 bits per heavy atom. The first-order valence-electron chi connectivity index (χ1n) is 15.0. The monoisotopic (exact) mass is 594 g/mol. The second kappa shape index (κ2) is 10.4. The second-order valence-electron chi connectivity index (χ2n) is 11.2. The van der Waals surface area contributed by atoms with Gasteiger partial charge in [0.1, 0.15) is 5.01 Å². The molecule has 2 heterocycles. The molecule has 0 amide bonds. The lowest BCUT2D eigenvalue weighted by Crippen LogP contribution is -2.23. The van der Waals surface area contributed by atoms with Gasteiger partial charge < -0.3 is 9.80 Å². The van der Waals surface area contributed by atoms with Crippen molar-refractivity contribution >= 4 is 67.2 Å². The van der Waals surface area contributed by atoms with Crippen molar-refractivity contribution in [3.05, 3.63) is 158 Å². The normalized spacial score (nSPS) is 12.4. The summed E-state index contributed by atoms with van der Waals surface area (Å²) in [5, 5.41) is 5.82. The van der Waals surface area contributed by atoms with Gasteiger partial charge >= 0.3 is 0 Å². The van der Waals surface area contributed by atoms with E-state index >= 15 is 0 Å². The summed E-state index contributed by atoms with van der Waals surface area (Å²) >= 11 is 1.44. The van der Waals surface area contributed by atoms with E-state index in [-0.39, 0.29) is 0 Å². The maximum absolute atomic E-state index is 4.92. The molecule has 0 atom stereocenters. The van der Waals surface area contributed by atoms with Crippen LogP contribution in [0, 0.1) is 0 Å². The summed E-state index contributed by atoms with van der Waals surface area (Å²) in [4.78, 5) is 9.64. The van der Waals surface area contributed by atoms with Crippen molar-refractivity contribution in [3.63, 3.8) is 0 Å². The van der Waals surface area contributed by atoms with E-state index < -0.39 is 0 Å². The van der Waals surface area contributed by atoms with Gasteiger partial charge in [-0.3, -0.25) is 0 Å². The van der Waals surface area contributed by atoms with E-state index in [0.717, 1.165) is 56.1 Å². The zero-order chi connectivity index (χ0) is 29.7. The van der Waals surface area contributed by atoms with Gasteiger partial charge in [0.2, 0.25) is 0 Å². The molecule has 0 radical (unpaired) electrons. The molecule has 45 heavy (non-hydrogen) atoms. The van der Waals surface area contributed by atoms with Crippen LogP contribution in [0.5, 0.6) is 0 Å². The fourth-order valence-corrected chi connectivity index (χ4v) is 7.04. The standard InChI is InChI=1S/C40H26N4S/c1-3-11-30-25-32(18-17-27(30)9-1)40-41-39(42-45-40)29-20-22-33(23-21-29)43-35-13-5-7-15-37(35)44(38-16-8-6-14-36(38)43)34-24-19-28-10-2-4-12-31(28)26-34/h1-26H. The Morgan fingerprint density at radius 3 is 1.49 bits per heavy atom. The average molecular weight is 595 g/mol. The fourth-order valence-electron chi connectivity index (χ4n) is 6.36. The molecule has 0 aliphatic carbocycles. The third-order valence-corrected chi connectivity index (χ3v) is 9.29. The van der Waals surface area contributed by atoms with Crippen molar-refractivity contribution < 1.29 is 0 Å². The van der Waals surface area contributed by atoms with E-state index in [9.17, 15) is 0 Å². The number of hydrogen-bond acceptors (Lipinski definition) is 5. The third kappa shape index (κ3) is 4.36. The first kappa shape index (κ1) is 25.7. The van der Waals surface area contributed by atoms with Gasteiger partial charge in [-0.2, -0.15) is 4.37 Å². The largest absolute Gasteiger partial charge is 0.306 e. The van der Waals surface area contributed by atoms with Crippen LogP contribution < -0.4 is 9.80 Å². The number of para-hydroxylation sites is 4. The van der Waals surface area contributed by atoms with Crippen LogP contribution in [0.3, 0.4) is 0 Å². The highest BCUT2D eigenvalue weighted by Gasteiger charge is 2.30. The van der Waals surface area contributed by atoms with Crippen LogP contribution in [0.25, 0.3) is 43.5 Å². The second-order valence-corrected chi connectivity index (χ2v) is 12.0. The molecule has 9 rings (SSSR count). The van der Waals surface area contributed by atoms with Gasteiger partial charge in [-0.1, -0.05) is 91.0 Å². The van der Waals surface area contributed by atoms with Crippen LogP contribution >= 0.6 is 11.5 Å². The highest BCUT2D eigenvalue weighted by Crippen LogP contribution is 2.54. The average Bonchev–Trinajstić information content (AvgIpc) is 3.61. The molecular formula is C40H26N4S. The van der Waals surface area contributed by atoms with Gasteiger partial charge in [-0.25, -0.2) is 4.98 Å². The van der Waals surface area contributed by atoms with Crippen molar-refractivity contribution in [2.24, 2.45) is 0 Å². The molecule has 0 saturated heterocycles. The molecule has 1 aliphatic heterocycles. The van der Waals surface area contributed by atoms with Crippen LogP contribution in [0.2, 0.25) is 0 Å².